The summed E-state index contributed by atoms with van der Waals surface area (Å²) in [4.78, 5) is 0. The van der Waals surface area contributed by atoms with Crippen LogP contribution in [0.15, 0.2) is 24.5 Å². The van der Waals surface area contributed by atoms with Gasteiger partial charge in [-0.25, -0.2) is 8.42 Å². The van der Waals surface area contributed by atoms with Gasteiger partial charge in [-0.05, 0) is 25.0 Å². The van der Waals surface area contributed by atoms with E-state index in [4.69, 9.17) is 0 Å². The van der Waals surface area contributed by atoms with Crippen LogP contribution >= 0.6 is 0 Å². The van der Waals surface area contributed by atoms with Crippen LogP contribution in [0.5, 0.6) is 0 Å². The van der Waals surface area contributed by atoms with Gasteiger partial charge in [0.05, 0.1) is 17.5 Å². The summed E-state index contributed by atoms with van der Waals surface area (Å²) in [5.41, 5.74) is 3.15. The molecular weight excluding hydrogens is 200 g/mol. The second-order valence-corrected chi connectivity index (χ2v) is 5.90. The maximum absolute atomic E-state index is 11.3. The lowest BCUT2D eigenvalue weighted by Gasteiger charge is -2.24. The molecule has 1 saturated heterocycles. The molecule has 5 heteroatoms. The van der Waals surface area contributed by atoms with Crippen molar-refractivity contribution in [3.63, 3.8) is 0 Å². The van der Waals surface area contributed by atoms with Crippen molar-refractivity contribution in [1.29, 1.82) is 0 Å². The van der Waals surface area contributed by atoms with E-state index in [2.05, 4.69) is 5.43 Å². The van der Waals surface area contributed by atoms with Gasteiger partial charge in [-0.15, -0.1) is 0 Å². The molecule has 1 aliphatic rings. The lowest BCUT2D eigenvalue weighted by molar-refractivity contribution is 0.546. The first kappa shape index (κ1) is 9.58. The molecule has 78 valence electrons. The van der Waals surface area contributed by atoms with Gasteiger partial charge in [-0.1, -0.05) is 0 Å². The van der Waals surface area contributed by atoms with Gasteiger partial charge in [0.15, 0.2) is 9.84 Å². The maximum Gasteiger partial charge on any atom is 0.152 e. The molecule has 4 nitrogen and oxygen atoms in total. The largest absolute Gasteiger partial charge is 0.322 e. The lowest BCUT2D eigenvalue weighted by Crippen LogP contribution is -2.38. The molecule has 1 aliphatic heterocycles. The van der Waals surface area contributed by atoms with Crippen molar-refractivity contribution in [2.75, 3.05) is 16.9 Å². The van der Waals surface area contributed by atoms with Gasteiger partial charge >= 0.3 is 0 Å². The topological polar surface area (TPSA) is 51.1 Å². The van der Waals surface area contributed by atoms with Crippen molar-refractivity contribution in [2.24, 2.45) is 0 Å². The smallest absolute Gasteiger partial charge is 0.152 e. The van der Waals surface area contributed by atoms with Crippen LogP contribution in [0, 0.1) is 0 Å². The summed E-state index contributed by atoms with van der Waals surface area (Å²) in [6.45, 7) is 0. The highest BCUT2D eigenvalue weighted by atomic mass is 32.2. The van der Waals surface area contributed by atoms with Crippen molar-refractivity contribution in [3.05, 3.63) is 24.5 Å². The molecular formula is C9H14N2O2S. The minimum absolute atomic E-state index is 0.0566. The number of nitrogens with one attached hydrogen (secondary N) is 1. The molecule has 0 radical (unpaired) electrons. The van der Waals surface area contributed by atoms with Crippen LogP contribution in [0.2, 0.25) is 0 Å². The molecule has 0 aliphatic carbocycles. The third-order valence-electron chi connectivity index (χ3n) is 2.40. The van der Waals surface area contributed by atoms with E-state index < -0.39 is 9.84 Å². The minimum Gasteiger partial charge on any atom is -0.322 e. The Labute approximate surface area is 83.8 Å². The number of rotatable bonds is 2. The Morgan fingerprint density at radius 1 is 1.29 bits per heavy atom. The van der Waals surface area contributed by atoms with E-state index in [1.54, 1.807) is 0 Å². The van der Waals surface area contributed by atoms with Crippen molar-refractivity contribution in [3.8, 4) is 0 Å². The predicted molar refractivity (Wildman–Crippen MR) is 55.5 cm³/mol. The molecule has 1 aromatic heterocycles. The highest BCUT2D eigenvalue weighted by Gasteiger charge is 2.24. The van der Waals surface area contributed by atoms with Crippen LogP contribution in [0.4, 0.5) is 0 Å². The average Bonchev–Trinajstić information content (AvgIpc) is 2.54. The normalized spacial score (nSPS) is 25.9. The Morgan fingerprint density at radius 3 is 2.64 bits per heavy atom. The first-order chi connectivity index (χ1) is 6.66. The van der Waals surface area contributed by atoms with E-state index in [-0.39, 0.29) is 11.8 Å². The molecule has 0 saturated carbocycles. The van der Waals surface area contributed by atoms with Crippen molar-refractivity contribution in [2.45, 2.75) is 18.9 Å². The van der Waals surface area contributed by atoms with E-state index in [9.17, 15) is 8.42 Å². The Bertz CT molecular complexity index is 383. The zero-order valence-electron chi connectivity index (χ0n) is 7.89. The number of hydrogen-bond donors (Lipinski definition) is 1. The SMILES string of the molecule is O=S1(=O)CCCC(Nn2cccc2)C1. The van der Waals surface area contributed by atoms with Crippen molar-refractivity contribution < 1.29 is 8.42 Å². The first-order valence-electron chi connectivity index (χ1n) is 4.76. The summed E-state index contributed by atoms with van der Waals surface area (Å²) < 4.78 is 24.5. The molecule has 0 spiro atoms. The van der Waals surface area contributed by atoms with Gasteiger partial charge < -0.3 is 5.43 Å². The van der Waals surface area contributed by atoms with Gasteiger partial charge in [0.2, 0.25) is 0 Å². The van der Waals surface area contributed by atoms with Crippen LogP contribution < -0.4 is 5.43 Å². The second-order valence-electron chi connectivity index (χ2n) is 3.67. The van der Waals surface area contributed by atoms with Crippen molar-refractivity contribution in [1.82, 2.24) is 4.68 Å². The van der Waals surface area contributed by atoms with Crippen LogP contribution in [0.25, 0.3) is 0 Å². The van der Waals surface area contributed by atoms with Crippen molar-refractivity contribution >= 4 is 9.84 Å². The first-order valence-corrected chi connectivity index (χ1v) is 6.58. The van der Waals surface area contributed by atoms with Gasteiger partial charge in [-0.3, -0.25) is 4.68 Å². The number of aromatic nitrogens is 1. The molecule has 1 aromatic rings. The fourth-order valence-electron chi connectivity index (χ4n) is 1.76. The summed E-state index contributed by atoms with van der Waals surface area (Å²) in [7, 11) is -2.81. The standard InChI is InChI=1S/C9H14N2O2S/c12-14(13)7-3-4-9(8-14)10-11-5-1-2-6-11/h1-2,5-6,9-10H,3-4,7-8H2. The Hall–Kier alpha value is -0.970. The van der Waals surface area contributed by atoms with Crippen LogP contribution in [-0.2, 0) is 9.84 Å². The quantitative estimate of drug-likeness (QED) is 0.784. The Morgan fingerprint density at radius 2 is 2.00 bits per heavy atom. The average molecular weight is 214 g/mol. The fourth-order valence-corrected chi connectivity index (χ4v) is 3.38. The molecule has 14 heavy (non-hydrogen) atoms. The lowest BCUT2D eigenvalue weighted by atomic mass is 10.2. The van der Waals surface area contributed by atoms with Gasteiger partial charge in [0.1, 0.15) is 0 Å². The molecule has 1 unspecified atom stereocenters. The molecule has 0 amide bonds. The van der Waals surface area contributed by atoms with E-state index in [1.165, 1.54) is 0 Å². The van der Waals surface area contributed by atoms with Gasteiger partial charge in [0, 0.05) is 12.4 Å². The summed E-state index contributed by atoms with van der Waals surface area (Å²) >= 11 is 0. The molecule has 1 atom stereocenters. The van der Waals surface area contributed by atoms with Crippen LogP contribution in [0.1, 0.15) is 12.8 Å². The van der Waals surface area contributed by atoms with Gasteiger partial charge in [-0.2, -0.15) is 0 Å². The third kappa shape index (κ3) is 2.29. The Kier molecular flexibility index (Phi) is 2.50. The molecule has 0 aromatic carbocycles. The zero-order valence-corrected chi connectivity index (χ0v) is 8.70. The summed E-state index contributed by atoms with van der Waals surface area (Å²) in [5.74, 6) is 0.599. The van der Waals surface area contributed by atoms with Crippen LogP contribution in [-0.4, -0.2) is 30.6 Å². The van der Waals surface area contributed by atoms with E-state index >= 15 is 0 Å². The molecule has 2 heterocycles. The van der Waals surface area contributed by atoms with Gasteiger partial charge in [0.25, 0.3) is 0 Å². The van der Waals surface area contributed by atoms with E-state index in [0.717, 1.165) is 12.8 Å². The van der Waals surface area contributed by atoms with Crippen LogP contribution in [0.3, 0.4) is 0 Å². The maximum atomic E-state index is 11.3. The summed E-state index contributed by atoms with van der Waals surface area (Å²) in [5, 5.41) is 0. The fraction of sp³-hybridized carbons (Fsp3) is 0.556. The second kappa shape index (κ2) is 3.65. The Balaban J connectivity index is 1.99. The highest BCUT2D eigenvalue weighted by molar-refractivity contribution is 7.91. The van der Waals surface area contributed by atoms with E-state index in [0.29, 0.717) is 5.75 Å². The molecule has 2 rings (SSSR count). The molecule has 1 fully saturated rings. The number of hydrogen-bond acceptors (Lipinski definition) is 3. The summed E-state index contributed by atoms with van der Waals surface area (Å²) in [6.07, 6.45) is 5.45. The molecule has 1 N–H and O–H groups in total. The summed E-state index contributed by atoms with van der Waals surface area (Å²) in [6, 6.07) is 3.87. The third-order valence-corrected chi connectivity index (χ3v) is 4.22. The number of sulfone groups is 1. The minimum atomic E-state index is -2.81. The molecule has 0 bridgehead atoms. The monoisotopic (exact) mass is 214 g/mol. The zero-order chi connectivity index (χ0) is 10.0. The predicted octanol–water partition coefficient (Wildman–Crippen LogP) is 0.609. The number of nitrogens with zero attached hydrogens (tertiary/aromatic N) is 1. The highest BCUT2D eigenvalue weighted by Crippen LogP contribution is 2.12. The van der Waals surface area contributed by atoms with E-state index in [1.807, 2.05) is 29.2 Å².